The fourth-order valence-electron chi connectivity index (χ4n) is 2.01. The lowest BCUT2D eigenvalue weighted by molar-refractivity contribution is 0.403. The van der Waals surface area contributed by atoms with Crippen molar-refractivity contribution < 1.29 is 24.1 Å². The van der Waals surface area contributed by atoms with E-state index in [1.54, 1.807) is 0 Å². The Bertz CT molecular complexity index is 897. The summed E-state index contributed by atoms with van der Waals surface area (Å²) in [4.78, 5) is 12.1. The standard InChI is InChI=1S/C15H9FO5/c16-8-3-1-7(2-4-8)15-14(20)13(19)9-5-10(17)11(18)6-12(9)21-15/h1-6,17-18,20H. The second-order valence-corrected chi connectivity index (χ2v) is 4.45. The molecule has 6 heteroatoms. The molecule has 0 unspecified atom stereocenters. The van der Waals surface area contributed by atoms with Crippen LogP contribution in [0.5, 0.6) is 17.2 Å². The lowest BCUT2D eigenvalue weighted by Crippen LogP contribution is -2.02. The van der Waals surface area contributed by atoms with Crippen LogP contribution in [0.4, 0.5) is 4.39 Å². The monoisotopic (exact) mass is 288 g/mol. The molecule has 3 rings (SSSR count). The van der Waals surface area contributed by atoms with E-state index in [0.29, 0.717) is 5.56 Å². The predicted molar refractivity (Wildman–Crippen MR) is 72.9 cm³/mol. The van der Waals surface area contributed by atoms with Gasteiger partial charge in [0, 0.05) is 11.6 Å². The fourth-order valence-corrected chi connectivity index (χ4v) is 2.01. The number of fused-ring (bicyclic) bond motifs is 1. The van der Waals surface area contributed by atoms with E-state index in [1.165, 1.54) is 12.1 Å². The molecule has 2 aromatic carbocycles. The summed E-state index contributed by atoms with van der Waals surface area (Å²) < 4.78 is 18.3. The molecule has 0 amide bonds. The highest BCUT2D eigenvalue weighted by Gasteiger charge is 2.17. The highest BCUT2D eigenvalue weighted by Crippen LogP contribution is 2.34. The molecule has 0 aliphatic rings. The Kier molecular flexibility index (Phi) is 2.79. The molecule has 0 bridgehead atoms. The average molecular weight is 288 g/mol. The van der Waals surface area contributed by atoms with E-state index < -0.39 is 28.5 Å². The van der Waals surface area contributed by atoms with Gasteiger partial charge >= 0.3 is 0 Å². The zero-order valence-electron chi connectivity index (χ0n) is 10.5. The smallest absolute Gasteiger partial charge is 0.235 e. The van der Waals surface area contributed by atoms with Gasteiger partial charge in [0.2, 0.25) is 11.2 Å². The zero-order chi connectivity index (χ0) is 15.1. The van der Waals surface area contributed by atoms with E-state index in [2.05, 4.69) is 0 Å². The first kappa shape index (κ1) is 13.0. The molecule has 0 atom stereocenters. The zero-order valence-corrected chi connectivity index (χ0v) is 10.5. The molecule has 3 N–H and O–H groups in total. The van der Waals surface area contributed by atoms with Gasteiger partial charge in [0.05, 0.1) is 5.39 Å². The molecule has 0 aliphatic heterocycles. The van der Waals surface area contributed by atoms with Crippen molar-refractivity contribution in [2.75, 3.05) is 0 Å². The van der Waals surface area contributed by atoms with Gasteiger partial charge in [-0.2, -0.15) is 0 Å². The lowest BCUT2D eigenvalue weighted by atomic mass is 10.1. The van der Waals surface area contributed by atoms with E-state index >= 15 is 0 Å². The summed E-state index contributed by atoms with van der Waals surface area (Å²) in [7, 11) is 0. The Balaban J connectivity index is 2.34. The Morgan fingerprint density at radius 1 is 0.952 bits per heavy atom. The van der Waals surface area contributed by atoms with Crippen molar-refractivity contribution in [3.05, 3.63) is 52.4 Å². The van der Waals surface area contributed by atoms with E-state index in [4.69, 9.17) is 4.42 Å². The summed E-state index contributed by atoms with van der Waals surface area (Å²) in [5.74, 6) is -2.22. The van der Waals surface area contributed by atoms with Gasteiger partial charge in [-0.15, -0.1) is 0 Å². The minimum Gasteiger partial charge on any atom is -0.504 e. The summed E-state index contributed by atoms with van der Waals surface area (Å²) in [6.07, 6.45) is 0. The third-order valence-corrected chi connectivity index (χ3v) is 3.07. The number of aromatic hydroxyl groups is 3. The van der Waals surface area contributed by atoms with Crippen molar-refractivity contribution in [1.29, 1.82) is 0 Å². The SMILES string of the molecule is O=c1c(O)c(-c2ccc(F)cc2)oc2cc(O)c(O)cc12. The van der Waals surface area contributed by atoms with Crippen LogP contribution < -0.4 is 5.43 Å². The van der Waals surface area contributed by atoms with Gasteiger partial charge in [-0.1, -0.05) is 0 Å². The van der Waals surface area contributed by atoms with Gasteiger partial charge in [-0.3, -0.25) is 4.79 Å². The molecular weight excluding hydrogens is 279 g/mol. The van der Waals surface area contributed by atoms with Crippen molar-refractivity contribution in [2.45, 2.75) is 0 Å². The third kappa shape index (κ3) is 2.06. The van der Waals surface area contributed by atoms with Crippen LogP contribution in [0.15, 0.2) is 45.6 Å². The van der Waals surface area contributed by atoms with Crippen molar-refractivity contribution >= 4 is 11.0 Å². The van der Waals surface area contributed by atoms with Crippen LogP contribution in [0.1, 0.15) is 0 Å². The lowest BCUT2D eigenvalue weighted by Gasteiger charge is -2.07. The molecular formula is C15H9FO5. The summed E-state index contributed by atoms with van der Waals surface area (Å²) in [6.45, 7) is 0. The minimum absolute atomic E-state index is 0.00701. The van der Waals surface area contributed by atoms with Gasteiger partial charge in [0.1, 0.15) is 11.4 Å². The quantitative estimate of drug-likeness (QED) is 0.599. The van der Waals surface area contributed by atoms with Crippen molar-refractivity contribution in [3.63, 3.8) is 0 Å². The van der Waals surface area contributed by atoms with Crippen LogP contribution in [0.25, 0.3) is 22.3 Å². The van der Waals surface area contributed by atoms with Crippen molar-refractivity contribution in [2.24, 2.45) is 0 Å². The maximum Gasteiger partial charge on any atom is 0.235 e. The number of phenols is 2. The summed E-state index contributed by atoms with van der Waals surface area (Å²) >= 11 is 0. The first-order valence-corrected chi connectivity index (χ1v) is 5.95. The van der Waals surface area contributed by atoms with Crippen LogP contribution in [0.3, 0.4) is 0 Å². The second-order valence-electron chi connectivity index (χ2n) is 4.45. The van der Waals surface area contributed by atoms with Crippen LogP contribution >= 0.6 is 0 Å². The summed E-state index contributed by atoms with van der Waals surface area (Å²) in [5.41, 5.74) is -0.459. The Hall–Kier alpha value is -3.02. The first-order chi connectivity index (χ1) is 9.97. The number of phenolic OH excluding ortho intramolecular Hbond substituents is 2. The van der Waals surface area contributed by atoms with Gasteiger partial charge in [-0.05, 0) is 30.3 Å². The molecule has 0 aliphatic carbocycles. The Labute approximate surface area is 117 Å². The first-order valence-electron chi connectivity index (χ1n) is 5.95. The van der Waals surface area contributed by atoms with Crippen LogP contribution in [0.2, 0.25) is 0 Å². The van der Waals surface area contributed by atoms with E-state index in [0.717, 1.165) is 24.3 Å². The molecule has 0 saturated heterocycles. The van der Waals surface area contributed by atoms with E-state index in [1.807, 2.05) is 0 Å². The number of hydrogen-bond acceptors (Lipinski definition) is 5. The minimum atomic E-state index is -0.758. The molecule has 1 aromatic heterocycles. The molecule has 1 heterocycles. The van der Waals surface area contributed by atoms with Crippen LogP contribution in [0, 0.1) is 5.82 Å². The van der Waals surface area contributed by atoms with Crippen molar-refractivity contribution in [3.8, 4) is 28.6 Å². The molecule has 5 nitrogen and oxygen atoms in total. The average Bonchev–Trinajstić information content (AvgIpc) is 2.46. The highest BCUT2D eigenvalue weighted by molar-refractivity contribution is 5.84. The van der Waals surface area contributed by atoms with E-state index in [-0.39, 0.29) is 16.7 Å². The van der Waals surface area contributed by atoms with E-state index in [9.17, 15) is 24.5 Å². The number of hydrogen-bond donors (Lipinski definition) is 3. The Morgan fingerprint density at radius 3 is 2.24 bits per heavy atom. The molecule has 0 fully saturated rings. The highest BCUT2D eigenvalue weighted by atomic mass is 19.1. The third-order valence-electron chi connectivity index (χ3n) is 3.07. The summed E-state index contributed by atoms with van der Waals surface area (Å²) in [5, 5.41) is 28.7. The van der Waals surface area contributed by atoms with Gasteiger partial charge in [0.25, 0.3) is 0 Å². The van der Waals surface area contributed by atoms with Crippen molar-refractivity contribution in [1.82, 2.24) is 0 Å². The maximum absolute atomic E-state index is 12.9. The topological polar surface area (TPSA) is 90.9 Å². The van der Waals surface area contributed by atoms with Crippen LogP contribution in [-0.4, -0.2) is 15.3 Å². The normalized spacial score (nSPS) is 10.9. The predicted octanol–water partition coefficient (Wildman–Crippen LogP) is 2.72. The number of halogens is 1. The molecule has 0 radical (unpaired) electrons. The molecule has 0 saturated carbocycles. The second kappa shape index (κ2) is 4.52. The number of rotatable bonds is 1. The van der Waals surface area contributed by atoms with Gasteiger partial charge in [0.15, 0.2) is 17.3 Å². The molecule has 3 aromatic rings. The molecule has 21 heavy (non-hydrogen) atoms. The largest absolute Gasteiger partial charge is 0.504 e. The van der Waals surface area contributed by atoms with Gasteiger partial charge in [-0.25, -0.2) is 4.39 Å². The van der Waals surface area contributed by atoms with Gasteiger partial charge < -0.3 is 19.7 Å². The molecule has 0 spiro atoms. The molecule has 106 valence electrons. The Morgan fingerprint density at radius 2 is 1.57 bits per heavy atom. The summed E-state index contributed by atoms with van der Waals surface area (Å²) in [6, 6.07) is 7.09. The fraction of sp³-hybridized carbons (Fsp3) is 0. The number of benzene rings is 2. The maximum atomic E-state index is 12.9. The van der Waals surface area contributed by atoms with Crippen LogP contribution in [-0.2, 0) is 0 Å².